The van der Waals surface area contributed by atoms with E-state index >= 15 is 0 Å². The van der Waals surface area contributed by atoms with Crippen LogP contribution in [0.25, 0.3) is 0 Å². The molecule has 0 bridgehead atoms. The van der Waals surface area contributed by atoms with Gasteiger partial charge in [-0.15, -0.1) is 11.3 Å². The van der Waals surface area contributed by atoms with Crippen molar-refractivity contribution in [3.05, 3.63) is 45.6 Å². The molecule has 144 valence electrons. The number of carbonyl (C=O) groups excluding carboxylic acids is 1. The van der Waals surface area contributed by atoms with Gasteiger partial charge in [0.1, 0.15) is 0 Å². The molecule has 0 fully saturated rings. The molecule has 1 aliphatic carbocycles. The highest BCUT2D eigenvalue weighted by molar-refractivity contribution is 7.10. The summed E-state index contributed by atoms with van der Waals surface area (Å²) in [6.45, 7) is 1.76. The smallest absolute Gasteiger partial charge is 0.318 e. The number of nitrogens with zero attached hydrogens (tertiary/aromatic N) is 1. The first-order valence-electron chi connectivity index (χ1n) is 9.24. The molecule has 1 aliphatic heterocycles. The second-order valence-electron chi connectivity index (χ2n) is 6.80. The molecule has 1 atom stereocenters. The number of amides is 2. The molecular weight excluding hydrogens is 364 g/mol. The Hall–Kier alpha value is -2.25. The minimum absolute atomic E-state index is 0.0613. The third-order valence-electron chi connectivity index (χ3n) is 5.01. The topological polar surface area (TPSA) is 60.0 Å². The summed E-state index contributed by atoms with van der Waals surface area (Å²) in [4.78, 5) is 16.2. The normalized spacial score (nSPS) is 17.4. The molecule has 1 N–H and O–H groups in total. The average Bonchev–Trinajstić information content (AvgIpc) is 3.34. The van der Waals surface area contributed by atoms with Crippen LogP contribution in [0, 0.1) is 0 Å². The van der Waals surface area contributed by atoms with Crippen molar-refractivity contribution in [3.8, 4) is 11.5 Å². The van der Waals surface area contributed by atoms with Gasteiger partial charge in [0.05, 0.1) is 12.6 Å². The molecule has 0 spiro atoms. The molecule has 27 heavy (non-hydrogen) atoms. The molecule has 2 aliphatic rings. The van der Waals surface area contributed by atoms with Gasteiger partial charge in [0.25, 0.3) is 0 Å². The molecule has 0 radical (unpaired) electrons. The lowest BCUT2D eigenvalue weighted by molar-refractivity contribution is 0.144. The minimum Gasteiger partial charge on any atom is -0.454 e. The summed E-state index contributed by atoms with van der Waals surface area (Å²) >= 11 is 1.78. The highest BCUT2D eigenvalue weighted by Gasteiger charge is 2.25. The highest BCUT2D eigenvalue weighted by atomic mass is 32.1. The van der Waals surface area contributed by atoms with Gasteiger partial charge in [-0.05, 0) is 54.0 Å². The average molecular weight is 388 g/mol. The summed E-state index contributed by atoms with van der Waals surface area (Å²) in [5.41, 5.74) is 2.28. The van der Waals surface area contributed by atoms with Crippen LogP contribution >= 0.6 is 11.3 Å². The zero-order valence-corrected chi connectivity index (χ0v) is 16.2. The number of nitrogens with one attached hydrogen (secondary N) is 1. The van der Waals surface area contributed by atoms with Crippen molar-refractivity contribution in [2.24, 2.45) is 0 Å². The first kappa shape index (κ1) is 18.1. The number of urea groups is 1. The SMILES string of the molecule is COCCN(Cc1ccc2c(c1)OCO2)C(=O)NC1CCCc2sccc21. The van der Waals surface area contributed by atoms with E-state index in [2.05, 4.69) is 16.8 Å². The van der Waals surface area contributed by atoms with E-state index in [0.29, 0.717) is 19.7 Å². The van der Waals surface area contributed by atoms with Crippen LogP contribution < -0.4 is 14.8 Å². The summed E-state index contributed by atoms with van der Waals surface area (Å²) in [7, 11) is 1.65. The van der Waals surface area contributed by atoms with E-state index in [-0.39, 0.29) is 18.9 Å². The molecule has 2 heterocycles. The maximum atomic E-state index is 13.0. The number of hydrogen-bond donors (Lipinski definition) is 1. The predicted molar refractivity (Wildman–Crippen MR) is 103 cm³/mol. The number of carbonyl (C=O) groups is 1. The quantitative estimate of drug-likeness (QED) is 0.820. The number of aryl methyl sites for hydroxylation is 1. The molecular formula is C20H24N2O4S. The molecule has 7 heteroatoms. The van der Waals surface area contributed by atoms with Gasteiger partial charge in [-0.1, -0.05) is 6.07 Å². The summed E-state index contributed by atoms with van der Waals surface area (Å²) in [6.07, 6.45) is 3.21. The first-order chi connectivity index (χ1) is 13.2. The number of ether oxygens (including phenoxy) is 3. The van der Waals surface area contributed by atoms with Crippen molar-refractivity contribution >= 4 is 17.4 Å². The molecule has 6 nitrogen and oxygen atoms in total. The van der Waals surface area contributed by atoms with Gasteiger partial charge in [0.15, 0.2) is 11.5 Å². The number of rotatable bonds is 6. The lowest BCUT2D eigenvalue weighted by Gasteiger charge is -2.29. The van der Waals surface area contributed by atoms with E-state index in [4.69, 9.17) is 14.2 Å². The summed E-state index contributed by atoms with van der Waals surface area (Å²) < 4.78 is 16.0. The summed E-state index contributed by atoms with van der Waals surface area (Å²) in [5, 5.41) is 5.34. The maximum absolute atomic E-state index is 13.0. The monoisotopic (exact) mass is 388 g/mol. The molecule has 0 saturated carbocycles. The third kappa shape index (κ3) is 4.04. The minimum atomic E-state index is -0.0613. The lowest BCUT2D eigenvalue weighted by atomic mass is 9.94. The van der Waals surface area contributed by atoms with E-state index in [1.165, 1.54) is 10.4 Å². The van der Waals surface area contributed by atoms with Crippen LogP contribution in [0.5, 0.6) is 11.5 Å². The van der Waals surface area contributed by atoms with Crippen LogP contribution in [0.4, 0.5) is 4.79 Å². The van der Waals surface area contributed by atoms with Gasteiger partial charge < -0.3 is 24.4 Å². The molecule has 2 amide bonds. The van der Waals surface area contributed by atoms with Crippen LogP contribution in [0.2, 0.25) is 0 Å². The maximum Gasteiger partial charge on any atom is 0.318 e. The number of thiophene rings is 1. The zero-order chi connectivity index (χ0) is 18.6. The molecule has 2 aromatic rings. The number of fused-ring (bicyclic) bond motifs is 2. The number of hydrogen-bond acceptors (Lipinski definition) is 5. The van der Waals surface area contributed by atoms with Crippen molar-refractivity contribution in [2.75, 3.05) is 27.1 Å². The Kier molecular flexibility index (Phi) is 5.50. The Labute approximate surface area is 163 Å². The predicted octanol–water partition coefficient (Wildman–Crippen LogP) is 3.71. The van der Waals surface area contributed by atoms with Crippen LogP contribution in [-0.4, -0.2) is 38.0 Å². The van der Waals surface area contributed by atoms with E-state index in [9.17, 15) is 4.79 Å². The molecule has 4 rings (SSSR count). The van der Waals surface area contributed by atoms with E-state index < -0.39 is 0 Å². The Bertz CT molecular complexity index is 807. The van der Waals surface area contributed by atoms with Crippen LogP contribution in [-0.2, 0) is 17.7 Å². The molecule has 1 unspecified atom stereocenters. The fourth-order valence-corrected chi connectivity index (χ4v) is 4.58. The second kappa shape index (κ2) is 8.19. The van der Waals surface area contributed by atoms with Crippen LogP contribution in [0.3, 0.4) is 0 Å². The molecule has 1 aromatic heterocycles. The van der Waals surface area contributed by atoms with Gasteiger partial charge in [-0.3, -0.25) is 0 Å². The van der Waals surface area contributed by atoms with E-state index in [1.807, 2.05) is 18.2 Å². The Balaban J connectivity index is 1.46. The molecule has 1 aromatic carbocycles. The van der Waals surface area contributed by atoms with Crippen molar-refractivity contribution in [3.63, 3.8) is 0 Å². The van der Waals surface area contributed by atoms with Crippen molar-refractivity contribution < 1.29 is 19.0 Å². The second-order valence-corrected chi connectivity index (χ2v) is 7.80. The Morgan fingerprint density at radius 1 is 1.33 bits per heavy atom. The fourth-order valence-electron chi connectivity index (χ4n) is 3.59. The standard InChI is InChI=1S/C20H24N2O4S/c1-24-9-8-22(12-14-5-6-17-18(11-14)26-13-25-17)20(23)21-16-3-2-4-19-15(16)7-10-27-19/h5-7,10-11,16H,2-4,8-9,12-13H2,1H3,(H,21,23). The highest BCUT2D eigenvalue weighted by Crippen LogP contribution is 2.34. The Morgan fingerprint density at radius 2 is 2.22 bits per heavy atom. The van der Waals surface area contributed by atoms with Gasteiger partial charge in [0.2, 0.25) is 6.79 Å². The number of methoxy groups -OCH3 is 1. The zero-order valence-electron chi connectivity index (χ0n) is 15.4. The van der Waals surface area contributed by atoms with E-state index in [1.54, 1.807) is 23.3 Å². The van der Waals surface area contributed by atoms with Crippen LogP contribution in [0.15, 0.2) is 29.6 Å². The largest absolute Gasteiger partial charge is 0.454 e. The van der Waals surface area contributed by atoms with Crippen molar-refractivity contribution in [1.29, 1.82) is 0 Å². The molecule has 0 saturated heterocycles. The third-order valence-corrected chi connectivity index (χ3v) is 6.01. The number of benzene rings is 1. The van der Waals surface area contributed by atoms with Gasteiger partial charge in [-0.2, -0.15) is 0 Å². The van der Waals surface area contributed by atoms with E-state index in [0.717, 1.165) is 36.3 Å². The van der Waals surface area contributed by atoms with Crippen molar-refractivity contribution in [2.45, 2.75) is 31.8 Å². The van der Waals surface area contributed by atoms with Crippen LogP contribution in [0.1, 0.15) is 34.9 Å². The van der Waals surface area contributed by atoms with Gasteiger partial charge in [-0.25, -0.2) is 4.79 Å². The summed E-state index contributed by atoms with van der Waals surface area (Å²) in [6, 6.07) is 7.97. The van der Waals surface area contributed by atoms with Crippen molar-refractivity contribution in [1.82, 2.24) is 10.2 Å². The van der Waals surface area contributed by atoms with Gasteiger partial charge >= 0.3 is 6.03 Å². The first-order valence-corrected chi connectivity index (χ1v) is 10.1. The lowest BCUT2D eigenvalue weighted by Crippen LogP contribution is -2.43. The fraction of sp³-hybridized carbons (Fsp3) is 0.450. The Morgan fingerprint density at radius 3 is 3.11 bits per heavy atom. The summed E-state index contributed by atoms with van der Waals surface area (Å²) in [5.74, 6) is 1.48. The van der Waals surface area contributed by atoms with Gasteiger partial charge in [0, 0.05) is 25.1 Å².